The molecule has 0 bridgehead atoms. The fraction of sp³-hybridized carbons (Fsp3) is 0.667. The van der Waals surface area contributed by atoms with E-state index in [0.29, 0.717) is 6.54 Å². The van der Waals surface area contributed by atoms with Crippen molar-refractivity contribution >= 4 is 0 Å². The lowest BCUT2D eigenvalue weighted by Gasteiger charge is -2.25. The molecule has 13 heavy (non-hydrogen) atoms. The normalized spacial score (nSPS) is 12.0. The topological polar surface area (TPSA) is 55.9 Å². The Hall–Kier alpha value is -0.870. The SMILES string of the molecule is CNC(C)(C)c1cncn1CCN. The van der Waals surface area contributed by atoms with Gasteiger partial charge in [0, 0.05) is 19.3 Å². The Labute approximate surface area is 79.1 Å². The van der Waals surface area contributed by atoms with Gasteiger partial charge >= 0.3 is 0 Å². The molecule has 4 nitrogen and oxygen atoms in total. The number of rotatable bonds is 4. The number of imidazole rings is 1. The minimum atomic E-state index is -0.0499. The van der Waals surface area contributed by atoms with Gasteiger partial charge < -0.3 is 15.6 Å². The molecular formula is C9H18N4. The van der Waals surface area contributed by atoms with Crippen molar-refractivity contribution in [3.05, 3.63) is 18.2 Å². The molecular weight excluding hydrogens is 164 g/mol. The molecule has 0 aliphatic rings. The van der Waals surface area contributed by atoms with Gasteiger partial charge in [0.1, 0.15) is 0 Å². The van der Waals surface area contributed by atoms with Crippen molar-refractivity contribution in [2.24, 2.45) is 5.73 Å². The summed E-state index contributed by atoms with van der Waals surface area (Å²) < 4.78 is 2.08. The van der Waals surface area contributed by atoms with Gasteiger partial charge in [-0.15, -0.1) is 0 Å². The number of nitrogens with zero attached hydrogens (tertiary/aromatic N) is 2. The highest BCUT2D eigenvalue weighted by atomic mass is 15.1. The summed E-state index contributed by atoms with van der Waals surface area (Å²) in [4.78, 5) is 4.12. The minimum absolute atomic E-state index is 0.0499. The van der Waals surface area contributed by atoms with Gasteiger partial charge in [-0.05, 0) is 20.9 Å². The highest BCUT2D eigenvalue weighted by molar-refractivity contribution is 5.10. The third-order valence-electron chi connectivity index (χ3n) is 2.35. The predicted octanol–water partition coefficient (Wildman–Crippen LogP) is 0.296. The van der Waals surface area contributed by atoms with Crippen LogP contribution in [-0.4, -0.2) is 23.1 Å². The standard InChI is InChI=1S/C9H18N4/c1-9(2,11-3)8-6-12-7-13(8)5-4-10/h6-7,11H,4-5,10H2,1-3H3. The van der Waals surface area contributed by atoms with Gasteiger partial charge in [-0.1, -0.05) is 0 Å². The van der Waals surface area contributed by atoms with Crippen LogP contribution in [0.25, 0.3) is 0 Å². The third-order valence-corrected chi connectivity index (χ3v) is 2.35. The molecule has 1 rings (SSSR count). The lowest BCUT2D eigenvalue weighted by molar-refractivity contribution is 0.409. The van der Waals surface area contributed by atoms with E-state index in [2.05, 4.69) is 28.7 Å². The second-order valence-corrected chi connectivity index (χ2v) is 3.64. The molecule has 0 radical (unpaired) electrons. The number of hydrogen-bond acceptors (Lipinski definition) is 3. The van der Waals surface area contributed by atoms with Crippen LogP contribution in [0.15, 0.2) is 12.5 Å². The second-order valence-electron chi connectivity index (χ2n) is 3.64. The van der Waals surface area contributed by atoms with E-state index in [0.717, 1.165) is 6.54 Å². The molecule has 74 valence electrons. The summed E-state index contributed by atoms with van der Waals surface area (Å²) in [7, 11) is 1.94. The molecule has 0 atom stereocenters. The zero-order chi connectivity index (χ0) is 9.90. The summed E-state index contributed by atoms with van der Waals surface area (Å²) in [5.41, 5.74) is 6.62. The molecule has 1 aromatic rings. The van der Waals surface area contributed by atoms with E-state index in [1.165, 1.54) is 5.69 Å². The predicted molar refractivity (Wildman–Crippen MR) is 53.4 cm³/mol. The first-order valence-corrected chi connectivity index (χ1v) is 4.51. The fourth-order valence-corrected chi connectivity index (χ4v) is 1.29. The van der Waals surface area contributed by atoms with Crippen LogP contribution in [0.3, 0.4) is 0 Å². The second kappa shape index (κ2) is 3.89. The highest BCUT2D eigenvalue weighted by Crippen LogP contribution is 2.18. The van der Waals surface area contributed by atoms with Gasteiger partial charge in [0.15, 0.2) is 0 Å². The van der Waals surface area contributed by atoms with Gasteiger partial charge in [0.05, 0.1) is 17.6 Å². The Morgan fingerprint density at radius 2 is 2.31 bits per heavy atom. The maximum Gasteiger partial charge on any atom is 0.0949 e. The molecule has 0 saturated heterocycles. The zero-order valence-electron chi connectivity index (χ0n) is 8.54. The first kappa shape index (κ1) is 10.2. The maximum absolute atomic E-state index is 5.50. The largest absolute Gasteiger partial charge is 0.332 e. The van der Waals surface area contributed by atoms with E-state index in [1.807, 2.05) is 19.6 Å². The molecule has 0 aliphatic heterocycles. The monoisotopic (exact) mass is 182 g/mol. The summed E-state index contributed by atoms with van der Waals surface area (Å²) in [5, 5.41) is 3.24. The van der Waals surface area contributed by atoms with Gasteiger partial charge in [-0.25, -0.2) is 4.98 Å². The Bertz CT molecular complexity index is 264. The summed E-state index contributed by atoms with van der Waals surface area (Å²) in [5.74, 6) is 0. The Balaban J connectivity index is 2.93. The average Bonchev–Trinajstić information content (AvgIpc) is 2.54. The van der Waals surface area contributed by atoms with E-state index in [4.69, 9.17) is 5.73 Å². The molecule has 1 aromatic heterocycles. The van der Waals surface area contributed by atoms with E-state index in [-0.39, 0.29) is 5.54 Å². The van der Waals surface area contributed by atoms with Crippen LogP contribution in [0.1, 0.15) is 19.5 Å². The van der Waals surface area contributed by atoms with Crippen molar-refractivity contribution in [2.75, 3.05) is 13.6 Å². The lowest BCUT2D eigenvalue weighted by atomic mass is 10.0. The number of aromatic nitrogens is 2. The Morgan fingerprint density at radius 3 is 2.85 bits per heavy atom. The number of hydrogen-bond donors (Lipinski definition) is 2. The van der Waals surface area contributed by atoms with Crippen molar-refractivity contribution in [3.63, 3.8) is 0 Å². The van der Waals surface area contributed by atoms with Crippen LogP contribution in [-0.2, 0) is 12.1 Å². The molecule has 0 unspecified atom stereocenters. The Kier molecular flexibility index (Phi) is 3.06. The van der Waals surface area contributed by atoms with E-state index < -0.39 is 0 Å². The highest BCUT2D eigenvalue weighted by Gasteiger charge is 2.21. The molecule has 1 heterocycles. The summed E-state index contributed by atoms with van der Waals surface area (Å²) >= 11 is 0. The maximum atomic E-state index is 5.50. The van der Waals surface area contributed by atoms with Crippen molar-refractivity contribution < 1.29 is 0 Å². The van der Waals surface area contributed by atoms with Crippen LogP contribution in [0.2, 0.25) is 0 Å². The summed E-state index contributed by atoms with van der Waals surface area (Å²) in [6.07, 6.45) is 3.70. The van der Waals surface area contributed by atoms with Crippen LogP contribution >= 0.6 is 0 Å². The zero-order valence-corrected chi connectivity index (χ0v) is 8.54. The minimum Gasteiger partial charge on any atom is -0.332 e. The van der Waals surface area contributed by atoms with Crippen molar-refractivity contribution in [1.29, 1.82) is 0 Å². The van der Waals surface area contributed by atoms with E-state index in [1.54, 1.807) is 0 Å². The molecule has 3 N–H and O–H groups in total. The van der Waals surface area contributed by atoms with Gasteiger partial charge in [-0.3, -0.25) is 0 Å². The Morgan fingerprint density at radius 1 is 1.62 bits per heavy atom. The number of nitrogens with two attached hydrogens (primary N) is 1. The van der Waals surface area contributed by atoms with Crippen LogP contribution in [0, 0.1) is 0 Å². The molecule has 0 aliphatic carbocycles. The van der Waals surface area contributed by atoms with Crippen molar-refractivity contribution in [1.82, 2.24) is 14.9 Å². The van der Waals surface area contributed by atoms with Crippen LogP contribution in [0.4, 0.5) is 0 Å². The quantitative estimate of drug-likeness (QED) is 0.704. The molecule has 0 amide bonds. The molecule has 0 fully saturated rings. The molecule has 4 heteroatoms. The number of nitrogens with one attached hydrogen (secondary N) is 1. The van der Waals surface area contributed by atoms with Crippen LogP contribution < -0.4 is 11.1 Å². The van der Waals surface area contributed by atoms with Gasteiger partial charge in [0.2, 0.25) is 0 Å². The molecule has 0 saturated carbocycles. The molecule has 0 spiro atoms. The van der Waals surface area contributed by atoms with Crippen LogP contribution in [0.5, 0.6) is 0 Å². The van der Waals surface area contributed by atoms with Gasteiger partial charge in [0.25, 0.3) is 0 Å². The third kappa shape index (κ3) is 2.08. The average molecular weight is 182 g/mol. The van der Waals surface area contributed by atoms with Crippen molar-refractivity contribution in [3.8, 4) is 0 Å². The smallest absolute Gasteiger partial charge is 0.0949 e. The first-order chi connectivity index (χ1) is 6.11. The van der Waals surface area contributed by atoms with E-state index >= 15 is 0 Å². The fourth-order valence-electron chi connectivity index (χ4n) is 1.29. The molecule has 0 aromatic carbocycles. The summed E-state index contributed by atoms with van der Waals surface area (Å²) in [6.45, 7) is 5.71. The van der Waals surface area contributed by atoms with Crippen molar-refractivity contribution in [2.45, 2.75) is 25.9 Å². The van der Waals surface area contributed by atoms with Gasteiger partial charge in [-0.2, -0.15) is 0 Å². The summed E-state index contributed by atoms with van der Waals surface area (Å²) in [6, 6.07) is 0. The van der Waals surface area contributed by atoms with E-state index in [9.17, 15) is 0 Å². The lowest BCUT2D eigenvalue weighted by Crippen LogP contribution is -2.35. The first-order valence-electron chi connectivity index (χ1n) is 4.51.